The topological polar surface area (TPSA) is 63.3 Å². The lowest BCUT2D eigenvalue weighted by atomic mass is 10.0. The van der Waals surface area contributed by atoms with Gasteiger partial charge >= 0.3 is 0 Å². The monoisotopic (exact) mass is 219 g/mol. The van der Waals surface area contributed by atoms with Crippen LogP contribution in [0.25, 0.3) is 0 Å². The van der Waals surface area contributed by atoms with Gasteiger partial charge in [0.1, 0.15) is 5.75 Å². The van der Waals surface area contributed by atoms with E-state index in [1.165, 1.54) is 0 Å². The summed E-state index contributed by atoms with van der Waals surface area (Å²) >= 11 is 0. The third-order valence-electron chi connectivity index (χ3n) is 2.58. The van der Waals surface area contributed by atoms with Crippen molar-refractivity contribution in [3.63, 3.8) is 0 Å². The molecular weight excluding hydrogens is 202 g/mol. The molecule has 0 bridgehead atoms. The molecule has 0 heterocycles. The van der Waals surface area contributed by atoms with Crippen molar-refractivity contribution in [2.75, 3.05) is 0 Å². The highest BCUT2D eigenvalue weighted by atomic mass is 16.3. The van der Waals surface area contributed by atoms with Crippen molar-refractivity contribution < 1.29 is 9.90 Å². The van der Waals surface area contributed by atoms with E-state index in [9.17, 15) is 9.90 Å². The minimum atomic E-state index is -0.396. The molecule has 1 amide bonds. The van der Waals surface area contributed by atoms with Crippen LogP contribution in [0, 0.1) is 13.8 Å². The van der Waals surface area contributed by atoms with Gasteiger partial charge in [-0.05, 0) is 43.9 Å². The number of carbonyl (C=O) groups is 1. The highest BCUT2D eigenvalue weighted by Crippen LogP contribution is 2.23. The van der Waals surface area contributed by atoms with Gasteiger partial charge in [-0.1, -0.05) is 18.2 Å². The normalized spacial score (nSPS) is 11.6. The molecule has 0 aliphatic carbocycles. The number of phenolic OH excluding ortho intramolecular Hbond substituents is 1. The van der Waals surface area contributed by atoms with Gasteiger partial charge in [0.2, 0.25) is 5.91 Å². The van der Waals surface area contributed by atoms with Crippen molar-refractivity contribution in [3.8, 4) is 5.75 Å². The molecule has 1 aromatic rings. The first-order chi connectivity index (χ1) is 7.41. The van der Waals surface area contributed by atoms with Crippen LogP contribution in [0.1, 0.15) is 23.6 Å². The Bertz CT molecular complexity index is 424. The number of aromatic hydroxyl groups is 1. The molecule has 3 heteroatoms. The summed E-state index contributed by atoms with van der Waals surface area (Å²) in [4.78, 5) is 10.8. The molecule has 0 saturated carbocycles. The fourth-order valence-corrected chi connectivity index (χ4v) is 1.53. The van der Waals surface area contributed by atoms with Gasteiger partial charge in [-0.3, -0.25) is 4.79 Å². The van der Waals surface area contributed by atoms with Crippen molar-refractivity contribution >= 4 is 5.91 Å². The van der Waals surface area contributed by atoms with Crippen molar-refractivity contribution in [2.24, 2.45) is 5.73 Å². The third-order valence-corrected chi connectivity index (χ3v) is 2.58. The summed E-state index contributed by atoms with van der Waals surface area (Å²) < 4.78 is 0. The smallest absolute Gasteiger partial charge is 0.244 e. The Morgan fingerprint density at radius 2 is 1.88 bits per heavy atom. The highest BCUT2D eigenvalue weighted by Gasteiger charge is 2.03. The molecule has 0 radical (unpaired) electrons. The van der Waals surface area contributed by atoms with Gasteiger partial charge in [-0.15, -0.1) is 0 Å². The number of rotatable bonds is 3. The Kier molecular flexibility index (Phi) is 3.72. The van der Waals surface area contributed by atoms with Crippen LogP contribution >= 0.6 is 0 Å². The largest absolute Gasteiger partial charge is 0.507 e. The van der Waals surface area contributed by atoms with Crippen molar-refractivity contribution in [2.45, 2.75) is 27.2 Å². The fourth-order valence-electron chi connectivity index (χ4n) is 1.53. The SMILES string of the molecule is C/C(=C\Cc1cc(C)c(O)c(C)c1)C(N)=O. The second-order valence-corrected chi connectivity index (χ2v) is 4.03. The molecule has 1 aromatic carbocycles. The predicted molar refractivity (Wildman–Crippen MR) is 64.2 cm³/mol. The Hall–Kier alpha value is -1.77. The van der Waals surface area contributed by atoms with Crippen LogP contribution in [0.2, 0.25) is 0 Å². The number of primary amides is 1. The molecular formula is C13H17NO2. The van der Waals surface area contributed by atoms with Crippen LogP contribution in [0.5, 0.6) is 5.75 Å². The lowest BCUT2D eigenvalue weighted by Gasteiger charge is -2.06. The molecule has 3 nitrogen and oxygen atoms in total. The van der Waals surface area contributed by atoms with Crippen LogP contribution in [0.3, 0.4) is 0 Å². The summed E-state index contributed by atoms with van der Waals surface area (Å²) in [7, 11) is 0. The molecule has 0 aliphatic rings. The molecule has 86 valence electrons. The molecule has 0 unspecified atom stereocenters. The van der Waals surface area contributed by atoms with E-state index in [2.05, 4.69) is 0 Å². The second kappa shape index (κ2) is 4.84. The van der Waals surface area contributed by atoms with Crippen LogP contribution in [-0.4, -0.2) is 11.0 Å². The van der Waals surface area contributed by atoms with E-state index in [4.69, 9.17) is 5.73 Å². The van der Waals surface area contributed by atoms with Gasteiger partial charge in [0.25, 0.3) is 0 Å². The average molecular weight is 219 g/mol. The van der Waals surface area contributed by atoms with Gasteiger partial charge in [-0.25, -0.2) is 0 Å². The van der Waals surface area contributed by atoms with E-state index >= 15 is 0 Å². The van der Waals surface area contributed by atoms with Gasteiger partial charge < -0.3 is 10.8 Å². The van der Waals surface area contributed by atoms with Crippen LogP contribution in [-0.2, 0) is 11.2 Å². The quantitative estimate of drug-likeness (QED) is 0.763. The van der Waals surface area contributed by atoms with E-state index in [0.717, 1.165) is 16.7 Å². The minimum Gasteiger partial charge on any atom is -0.507 e. The molecule has 0 aromatic heterocycles. The number of phenols is 1. The lowest BCUT2D eigenvalue weighted by molar-refractivity contribution is -0.114. The number of hydrogen-bond donors (Lipinski definition) is 2. The maximum atomic E-state index is 10.8. The van der Waals surface area contributed by atoms with Gasteiger partial charge in [0.15, 0.2) is 0 Å². The molecule has 3 N–H and O–H groups in total. The highest BCUT2D eigenvalue weighted by molar-refractivity contribution is 5.91. The summed E-state index contributed by atoms with van der Waals surface area (Å²) in [6.45, 7) is 5.41. The number of hydrogen-bond acceptors (Lipinski definition) is 2. The molecule has 0 saturated heterocycles. The van der Waals surface area contributed by atoms with Crippen molar-refractivity contribution in [1.82, 2.24) is 0 Å². The van der Waals surface area contributed by atoms with Gasteiger partial charge in [0.05, 0.1) is 0 Å². The first kappa shape index (κ1) is 12.3. The first-order valence-electron chi connectivity index (χ1n) is 5.17. The van der Waals surface area contributed by atoms with E-state index in [-0.39, 0.29) is 0 Å². The van der Waals surface area contributed by atoms with Crippen LogP contribution in [0.4, 0.5) is 0 Å². The first-order valence-corrected chi connectivity index (χ1v) is 5.17. The molecule has 16 heavy (non-hydrogen) atoms. The number of carbonyl (C=O) groups excluding carboxylic acids is 1. The van der Waals surface area contributed by atoms with E-state index in [1.54, 1.807) is 13.0 Å². The summed E-state index contributed by atoms with van der Waals surface area (Å²) in [6, 6.07) is 3.82. The fraction of sp³-hybridized carbons (Fsp3) is 0.308. The maximum absolute atomic E-state index is 10.8. The Labute approximate surface area is 95.6 Å². The molecule has 0 spiro atoms. The number of allylic oxidation sites excluding steroid dienone is 1. The summed E-state index contributed by atoms with van der Waals surface area (Å²) in [5.41, 5.74) is 8.45. The van der Waals surface area contributed by atoms with Crippen LogP contribution in [0.15, 0.2) is 23.8 Å². The molecule has 0 atom stereocenters. The maximum Gasteiger partial charge on any atom is 0.244 e. The van der Waals surface area contributed by atoms with Crippen LogP contribution < -0.4 is 5.73 Å². The Morgan fingerprint density at radius 1 is 1.38 bits per heavy atom. The van der Waals surface area contributed by atoms with Crippen molar-refractivity contribution in [3.05, 3.63) is 40.5 Å². The second-order valence-electron chi connectivity index (χ2n) is 4.03. The number of nitrogens with two attached hydrogens (primary N) is 1. The predicted octanol–water partition coefficient (Wildman–Crippen LogP) is 1.98. The average Bonchev–Trinajstić information content (AvgIpc) is 2.22. The summed E-state index contributed by atoms with van der Waals surface area (Å²) in [5, 5.41) is 9.61. The zero-order valence-corrected chi connectivity index (χ0v) is 9.87. The standard InChI is InChI=1S/C13H17NO2/c1-8(13(14)16)4-5-11-6-9(2)12(15)10(3)7-11/h4,6-7,15H,5H2,1-3H3,(H2,14,16)/b8-4+. The molecule has 0 aliphatic heterocycles. The zero-order chi connectivity index (χ0) is 12.3. The van der Waals surface area contributed by atoms with E-state index in [1.807, 2.05) is 26.0 Å². The molecule has 1 rings (SSSR count). The number of amides is 1. The number of aryl methyl sites for hydroxylation is 2. The Morgan fingerprint density at radius 3 is 2.31 bits per heavy atom. The number of benzene rings is 1. The third kappa shape index (κ3) is 2.86. The minimum absolute atomic E-state index is 0.333. The Balaban J connectivity index is 2.91. The molecule has 0 fully saturated rings. The lowest BCUT2D eigenvalue weighted by Crippen LogP contribution is -2.11. The van der Waals surface area contributed by atoms with Crippen molar-refractivity contribution in [1.29, 1.82) is 0 Å². The van der Waals surface area contributed by atoms with Gasteiger partial charge in [0, 0.05) is 5.57 Å². The van der Waals surface area contributed by atoms with E-state index < -0.39 is 5.91 Å². The summed E-state index contributed by atoms with van der Waals surface area (Å²) in [5.74, 6) is -0.0634. The van der Waals surface area contributed by atoms with Gasteiger partial charge in [-0.2, -0.15) is 0 Å². The zero-order valence-electron chi connectivity index (χ0n) is 9.87. The van der Waals surface area contributed by atoms with E-state index in [0.29, 0.717) is 17.7 Å². The summed E-state index contributed by atoms with van der Waals surface area (Å²) in [6.07, 6.45) is 2.45.